The Morgan fingerprint density at radius 1 is 0.634 bits per heavy atom. The quantitative estimate of drug-likeness (QED) is 0.0810. The van der Waals surface area contributed by atoms with Gasteiger partial charge in [-0.05, 0) is 43.2 Å². The Bertz CT molecular complexity index is 1020. The van der Waals surface area contributed by atoms with E-state index in [1.807, 2.05) is 0 Å². The van der Waals surface area contributed by atoms with E-state index in [1.54, 1.807) is 0 Å². The molecule has 0 spiro atoms. The highest BCUT2D eigenvalue weighted by atomic mass is 15.1. The number of unbranched alkanes of at least 4 members (excludes halogenated alkanes) is 14. The van der Waals surface area contributed by atoms with E-state index in [1.165, 1.54) is 120 Å². The Labute approximate surface area is 253 Å². The zero-order valence-electron chi connectivity index (χ0n) is 26.9. The van der Waals surface area contributed by atoms with Crippen LogP contribution in [0.5, 0.6) is 0 Å². The van der Waals surface area contributed by atoms with Crippen LogP contribution < -0.4 is 4.57 Å². The molecule has 0 aliphatic carbocycles. The summed E-state index contributed by atoms with van der Waals surface area (Å²) in [5.74, 6) is 0. The maximum absolute atomic E-state index is 2.57. The molecule has 226 valence electrons. The topological polar surface area (TPSA) is 8.81 Å². The maximum Gasteiger partial charge on any atom is 0.244 e. The second-order valence-electron chi connectivity index (χ2n) is 12.8. The van der Waals surface area contributed by atoms with Crippen LogP contribution in [0.15, 0.2) is 79.4 Å². The van der Waals surface area contributed by atoms with Crippen LogP contribution in [0.1, 0.15) is 147 Å². The lowest BCUT2D eigenvalue weighted by Crippen LogP contribution is -2.38. The van der Waals surface area contributed by atoms with Gasteiger partial charge in [-0.25, -0.2) is 9.13 Å². The highest BCUT2D eigenvalue weighted by molar-refractivity contribution is 5.30. The monoisotopic (exact) mass is 557 g/mol. The van der Waals surface area contributed by atoms with Crippen LogP contribution >= 0.6 is 0 Å². The molecule has 2 aromatic carbocycles. The van der Waals surface area contributed by atoms with Crippen LogP contribution in [0.2, 0.25) is 0 Å². The van der Waals surface area contributed by atoms with Gasteiger partial charge in [0.15, 0.2) is 0 Å². The van der Waals surface area contributed by atoms with Gasteiger partial charge >= 0.3 is 0 Å². The molecule has 0 radical (unpaired) electrons. The first-order valence-electron chi connectivity index (χ1n) is 17.3. The summed E-state index contributed by atoms with van der Waals surface area (Å²) < 4.78 is 5.02. The Balaban J connectivity index is 1.71. The average Bonchev–Trinajstić information content (AvgIpc) is 3.47. The molecule has 0 bridgehead atoms. The fraction of sp³-hybridized carbons (Fsp3) is 0.615. The molecule has 1 aromatic heterocycles. The lowest BCUT2D eigenvalue weighted by atomic mass is 9.70. The zero-order valence-corrected chi connectivity index (χ0v) is 26.9. The largest absolute Gasteiger partial charge is 0.244 e. The predicted molar refractivity (Wildman–Crippen MR) is 177 cm³/mol. The summed E-state index contributed by atoms with van der Waals surface area (Å²) in [5.41, 5.74) is 2.90. The summed E-state index contributed by atoms with van der Waals surface area (Å²) in [6.07, 6.45) is 31.3. The molecule has 3 rings (SSSR count). The van der Waals surface area contributed by atoms with Crippen LogP contribution in [0, 0.1) is 0 Å². The number of aromatic nitrogens is 2. The fourth-order valence-corrected chi connectivity index (χ4v) is 6.68. The zero-order chi connectivity index (χ0) is 29.0. The second-order valence-corrected chi connectivity index (χ2v) is 12.8. The van der Waals surface area contributed by atoms with Crippen LogP contribution in [0.25, 0.3) is 0 Å². The summed E-state index contributed by atoms with van der Waals surface area (Å²) in [7, 11) is 0. The van der Waals surface area contributed by atoms with Gasteiger partial charge in [0.05, 0.1) is 6.54 Å². The molecular formula is C39H61N2+. The number of benzene rings is 2. The van der Waals surface area contributed by atoms with Crippen molar-refractivity contribution >= 4 is 0 Å². The number of aryl methyl sites for hydroxylation is 1. The maximum atomic E-state index is 2.57. The van der Waals surface area contributed by atoms with E-state index >= 15 is 0 Å². The van der Waals surface area contributed by atoms with Crippen LogP contribution in [-0.4, -0.2) is 4.57 Å². The van der Waals surface area contributed by atoms with Gasteiger partial charge in [0, 0.05) is 5.41 Å². The third kappa shape index (κ3) is 11.8. The van der Waals surface area contributed by atoms with Crippen LogP contribution in [-0.2, 0) is 18.4 Å². The highest BCUT2D eigenvalue weighted by Crippen LogP contribution is 2.41. The van der Waals surface area contributed by atoms with Gasteiger partial charge in [-0.2, -0.15) is 0 Å². The van der Waals surface area contributed by atoms with Crippen molar-refractivity contribution in [2.45, 2.75) is 154 Å². The van der Waals surface area contributed by atoms with Gasteiger partial charge in [-0.1, -0.05) is 165 Å². The van der Waals surface area contributed by atoms with Gasteiger partial charge < -0.3 is 0 Å². The van der Waals surface area contributed by atoms with Crippen LogP contribution in [0.4, 0.5) is 0 Å². The van der Waals surface area contributed by atoms with Crippen molar-refractivity contribution < 1.29 is 4.57 Å². The van der Waals surface area contributed by atoms with Crippen molar-refractivity contribution in [3.05, 3.63) is 90.5 Å². The van der Waals surface area contributed by atoms with Crippen molar-refractivity contribution in [2.24, 2.45) is 0 Å². The Kier molecular flexibility index (Phi) is 15.9. The van der Waals surface area contributed by atoms with E-state index in [-0.39, 0.29) is 5.41 Å². The number of nitrogens with zero attached hydrogens (tertiary/aromatic N) is 2. The number of hydrogen-bond donors (Lipinski definition) is 0. The number of hydrogen-bond acceptors (Lipinski definition) is 0. The van der Waals surface area contributed by atoms with E-state index in [0.717, 1.165) is 13.0 Å². The lowest BCUT2D eigenvalue weighted by molar-refractivity contribution is -0.697. The van der Waals surface area contributed by atoms with E-state index in [0.29, 0.717) is 6.04 Å². The Morgan fingerprint density at radius 3 is 1.73 bits per heavy atom. The van der Waals surface area contributed by atoms with Crippen molar-refractivity contribution in [1.82, 2.24) is 4.57 Å². The molecule has 0 fully saturated rings. The first-order valence-corrected chi connectivity index (χ1v) is 17.3. The molecule has 3 aromatic rings. The summed E-state index contributed by atoms with van der Waals surface area (Å²) in [5, 5.41) is 0. The molecule has 0 amide bonds. The second kappa shape index (κ2) is 19.7. The van der Waals surface area contributed by atoms with E-state index in [9.17, 15) is 0 Å². The van der Waals surface area contributed by atoms with Crippen molar-refractivity contribution in [3.63, 3.8) is 0 Å². The SMILES string of the molecule is CCCCCCCCCCCC(n1cc[n+](CCCCCCCCC)c1)C(C)(Cc1ccccc1)c1ccccc1. The van der Waals surface area contributed by atoms with Gasteiger partial charge in [0.2, 0.25) is 6.33 Å². The molecule has 0 saturated heterocycles. The smallest absolute Gasteiger partial charge is 0.237 e. The molecule has 2 atom stereocenters. The standard InChI is InChI=1S/C39H61N2/c1-4-6-8-10-12-13-14-16-24-30-38(41-33-32-40(35-41)31-25-17-15-11-9-7-5-2)39(3,37-28-22-19-23-29-37)34-36-26-20-18-21-27-36/h18-23,26-29,32-33,35,38H,4-17,24-25,30-31,34H2,1-3H3/q+1. The number of imidazole rings is 1. The molecule has 0 N–H and O–H groups in total. The van der Waals surface area contributed by atoms with E-state index in [2.05, 4.69) is 109 Å². The molecule has 0 aliphatic rings. The molecule has 1 heterocycles. The predicted octanol–water partition coefficient (Wildman–Crippen LogP) is 11.2. The first-order chi connectivity index (χ1) is 20.2. The fourth-order valence-electron chi connectivity index (χ4n) is 6.68. The normalized spacial score (nSPS) is 13.7. The molecular weight excluding hydrogens is 496 g/mol. The van der Waals surface area contributed by atoms with Crippen molar-refractivity contribution in [3.8, 4) is 0 Å². The molecule has 2 unspecified atom stereocenters. The third-order valence-corrected chi connectivity index (χ3v) is 9.26. The highest BCUT2D eigenvalue weighted by Gasteiger charge is 2.40. The number of rotatable bonds is 23. The van der Waals surface area contributed by atoms with Gasteiger partial charge in [-0.3, -0.25) is 0 Å². The Hall–Kier alpha value is -2.35. The minimum Gasteiger partial charge on any atom is -0.237 e. The van der Waals surface area contributed by atoms with E-state index in [4.69, 9.17) is 0 Å². The Morgan fingerprint density at radius 2 is 1.15 bits per heavy atom. The van der Waals surface area contributed by atoms with E-state index < -0.39 is 0 Å². The first kappa shape index (κ1) is 33.2. The van der Waals surface area contributed by atoms with Gasteiger partial charge in [0.1, 0.15) is 18.4 Å². The van der Waals surface area contributed by atoms with Crippen LogP contribution in [0.3, 0.4) is 0 Å². The summed E-state index contributed by atoms with van der Waals surface area (Å²) >= 11 is 0. The molecule has 2 nitrogen and oxygen atoms in total. The third-order valence-electron chi connectivity index (χ3n) is 9.26. The minimum atomic E-state index is 0.0128. The summed E-state index contributed by atoms with van der Waals surface area (Å²) in [6.45, 7) is 8.26. The minimum absolute atomic E-state index is 0.0128. The van der Waals surface area contributed by atoms with Gasteiger partial charge in [-0.15, -0.1) is 0 Å². The molecule has 2 heteroatoms. The average molecular weight is 558 g/mol. The van der Waals surface area contributed by atoms with Crippen molar-refractivity contribution in [2.75, 3.05) is 0 Å². The summed E-state index contributed by atoms with van der Waals surface area (Å²) in [4.78, 5) is 0. The lowest BCUT2D eigenvalue weighted by Gasteiger charge is -2.37. The molecule has 41 heavy (non-hydrogen) atoms. The van der Waals surface area contributed by atoms with Gasteiger partial charge in [0.25, 0.3) is 0 Å². The molecule has 0 aliphatic heterocycles. The molecule has 0 saturated carbocycles. The van der Waals surface area contributed by atoms with Crippen molar-refractivity contribution in [1.29, 1.82) is 0 Å². The summed E-state index contributed by atoms with van der Waals surface area (Å²) in [6, 6.07) is 22.9.